The van der Waals surface area contributed by atoms with Gasteiger partial charge in [0.2, 0.25) is 0 Å². The van der Waals surface area contributed by atoms with Crippen molar-refractivity contribution in [2.75, 3.05) is 19.8 Å². The molecule has 0 aromatic heterocycles. The number of hydrogen-bond acceptors (Lipinski definition) is 3. The smallest absolute Gasteiger partial charge is 0.315 e. The third-order valence-corrected chi connectivity index (χ3v) is 3.35. The lowest BCUT2D eigenvalue weighted by Gasteiger charge is -2.12. The monoisotopic (exact) mass is 332 g/mol. The number of para-hydroxylation sites is 1. The van der Waals surface area contributed by atoms with Crippen LogP contribution in [0.15, 0.2) is 48.5 Å². The van der Waals surface area contributed by atoms with Gasteiger partial charge in [-0.1, -0.05) is 30.3 Å². The Bertz CT molecular complexity index is 664. The lowest BCUT2D eigenvalue weighted by atomic mass is 10.1. The van der Waals surface area contributed by atoms with Gasteiger partial charge in [-0.25, -0.2) is 9.18 Å². The molecule has 24 heavy (non-hydrogen) atoms. The molecule has 3 N–H and O–H groups in total. The zero-order valence-electron chi connectivity index (χ0n) is 13.3. The van der Waals surface area contributed by atoms with Gasteiger partial charge in [0, 0.05) is 18.7 Å². The summed E-state index contributed by atoms with van der Waals surface area (Å²) in [6, 6.07) is 13.3. The zero-order chi connectivity index (χ0) is 17.2. The molecule has 2 amide bonds. The minimum Gasteiger partial charge on any atom is -0.491 e. The highest BCUT2D eigenvalue weighted by Crippen LogP contribution is 2.17. The first-order valence-corrected chi connectivity index (χ1v) is 7.77. The van der Waals surface area contributed by atoms with Crippen LogP contribution in [0.4, 0.5) is 9.18 Å². The maximum Gasteiger partial charge on any atom is 0.315 e. The van der Waals surface area contributed by atoms with E-state index in [-0.39, 0.29) is 25.1 Å². The first-order chi connectivity index (χ1) is 11.7. The van der Waals surface area contributed by atoms with E-state index < -0.39 is 0 Å². The van der Waals surface area contributed by atoms with Crippen molar-refractivity contribution in [3.05, 3.63) is 65.5 Å². The van der Waals surface area contributed by atoms with Crippen LogP contribution in [0.3, 0.4) is 0 Å². The average molecular weight is 332 g/mol. The van der Waals surface area contributed by atoms with Crippen molar-refractivity contribution in [2.24, 2.45) is 0 Å². The molecule has 0 aliphatic carbocycles. The summed E-state index contributed by atoms with van der Waals surface area (Å²) >= 11 is 0. The van der Waals surface area contributed by atoms with Gasteiger partial charge >= 0.3 is 6.03 Å². The number of halogens is 1. The van der Waals surface area contributed by atoms with E-state index in [0.717, 1.165) is 11.1 Å². The van der Waals surface area contributed by atoms with Crippen molar-refractivity contribution < 1.29 is 19.0 Å². The molecule has 0 unspecified atom stereocenters. The van der Waals surface area contributed by atoms with Gasteiger partial charge in [0.05, 0.1) is 6.61 Å². The summed E-state index contributed by atoms with van der Waals surface area (Å²) in [6.07, 6.45) is 0.557. The Morgan fingerprint density at radius 3 is 2.75 bits per heavy atom. The predicted molar refractivity (Wildman–Crippen MR) is 89.4 cm³/mol. The predicted octanol–water partition coefficient (Wildman–Crippen LogP) is 2.24. The third kappa shape index (κ3) is 5.89. The molecule has 2 rings (SSSR count). The van der Waals surface area contributed by atoms with Gasteiger partial charge in [-0.2, -0.15) is 0 Å². The van der Waals surface area contributed by atoms with Crippen molar-refractivity contribution in [1.29, 1.82) is 0 Å². The third-order valence-electron chi connectivity index (χ3n) is 3.35. The molecule has 0 heterocycles. The molecule has 0 radical (unpaired) electrons. The van der Waals surface area contributed by atoms with E-state index in [9.17, 15) is 9.18 Å². The Balaban J connectivity index is 1.75. The highest BCUT2D eigenvalue weighted by Gasteiger charge is 2.05. The first kappa shape index (κ1) is 17.7. The van der Waals surface area contributed by atoms with Gasteiger partial charge in [0.25, 0.3) is 0 Å². The molecule has 0 saturated carbocycles. The highest BCUT2D eigenvalue weighted by atomic mass is 19.1. The lowest BCUT2D eigenvalue weighted by Crippen LogP contribution is -2.36. The second kappa shape index (κ2) is 9.52. The van der Waals surface area contributed by atoms with Crippen molar-refractivity contribution >= 4 is 6.03 Å². The topological polar surface area (TPSA) is 70.6 Å². The number of rotatable bonds is 8. The van der Waals surface area contributed by atoms with E-state index in [1.165, 1.54) is 12.1 Å². The molecular formula is C18H21FN2O3. The molecule has 0 aliphatic heterocycles. The second-order valence-electron chi connectivity index (χ2n) is 5.17. The van der Waals surface area contributed by atoms with Gasteiger partial charge in [-0.05, 0) is 30.2 Å². The number of nitrogens with one attached hydrogen (secondary N) is 2. The summed E-state index contributed by atoms with van der Waals surface area (Å²) in [4.78, 5) is 11.8. The Morgan fingerprint density at radius 2 is 1.96 bits per heavy atom. The highest BCUT2D eigenvalue weighted by molar-refractivity contribution is 5.73. The van der Waals surface area contributed by atoms with Crippen LogP contribution in [-0.2, 0) is 13.0 Å². The maximum atomic E-state index is 13.1. The summed E-state index contributed by atoms with van der Waals surface area (Å²) in [5, 5.41) is 14.3. The van der Waals surface area contributed by atoms with Crippen LogP contribution in [0.2, 0.25) is 0 Å². The molecule has 0 atom stereocenters. The first-order valence-electron chi connectivity index (χ1n) is 7.77. The van der Waals surface area contributed by atoms with Crippen LogP contribution in [0.1, 0.15) is 11.1 Å². The van der Waals surface area contributed by atoms with Gasteiger partial charge < -0.3 is 20.5 Å². The summed E-state index contributed by atoms with van der Waals surface area (Å²) < 4.78 is 18.5. The normalized spacial score (nSPS) is 10.2. The molecule has 0 saturated heterocycles. The Morgan fingerprint density at radius 1 is 1.12 bits per heavy atom. The van der Waals surface area contributed by atoms with Crippen molar-refractivity contribution in [1.82, 2.24) is 10.6 Å². The van der Waals surface area contributed by atoms with Gasteiger partial charge in [0.1, 0.15) is 18.2 Å². The Kier molecular flexibility index (Phi) is 7.04. The van der Waals surface area contributed by atoms with Crippen molar-refractivity contribution in [3.63, 3.8) is 0 Å². The molecule has 0 fully saturated rings. The largest absolute Gasteiger partial charge is 0.491 e. The number of aliphatic hydroxyl groups excluding tert-OH is 1. The number of carbonyl (C=O) groups excluding carboxylic acids is 1. The number of carbonyl (C=O) groups is 1. The SMILES string of the molecule is O=C(NCCc1cccc(F)c1)NCc1ccccc1OCCO. The fourth-order valence-corrected chi connectivity index (χ4v) is 2.20. The summed E-state index contributed by atoms with van der Waals surface area (Å²) in [5.41, 5.74) is 1.66. The number of urea groups is 1. The average Bonchev–Trinajstić information content (AvgIpc) is 2.59. The van der Waals surface area contributed by atoms with Crippen LogP contribution < -0.4 is 15.4 Å². The van der Waals surface area contributed by atoms with E-state index in [1.54, 1.807) is 12.1 Å². The van der Waals surface area contributed by atoms with Crippen molar-refractivity contribution in [2.45, 2.75) is 13.0 Å². The van der Waals surface area contributed by atoms with Crippen LogP contribution >= 0.6 is 0 Å². The molecule has 6 heteroatoms. The van der Waals surface area contributed by atoms with E-state index in [1.807, 2.05) is 24.3 Å². The number of ether oxygens (including phenoxy) is 1. The molecule has 0 bridgehead atoms. The fourth-order valence-electron chi connectivity index (χ4n) is 2.20. The van der Waals surface area contributed by atoms with E-state index in [4.69, 9.17) is 9.84 Å². The summed E-state index contributed by atoms with van der Waals surface area (Å²) in [6.45, 7) is 0.866. The number of amides is 2. The zero-order valence-corrected chi connectivity index (χ0v) is 13.3. The van der Waals surface area contributed by atoms with E-state index >= 15 is 0 Å². The molecular weight excluding hydrogens is 311 g/mol. The molecule has 0 aliphatic rings. The van der Waals surface area contributed by atoms with Gasteiger partial charge in [0.15, 0.2) is 0 Å². The quantitative estimate of drug-likeness (QED) is 0.694. The molecule has 5 nitrogen and oxygen atoms in total. The summed E-state index contributed by atoms with van der Waals surface area (Å²) in [7, 11) is 0. The van der Waals surface area contributed by atoms with Crippen LogP contribution in [0, 0.1) is 5.82 Å². The van der Waals surface area contributed by atoms with Gasteiger partial charge in [-0.3, -0.25) is 0 Å². The summed E-state index contributed by atoms with van der Waals surface area (Å²) in [5.74, 6) is 0.350. The van der Waals surface area contributed by atoms with Crippen LogP contribution in [0.5, 0.6) is 5.75 Å². The maximum absolute atomic E-state index is 13.1. The number of benzene rings is 2. The van der Waals surface area contributed by atoms with Crippen LogP contribution in [0.25, 0.3) is 0 Å². The molecule has 2 aromatic carbocycles. The second-order valence-corrected chi connectivity index (χ2v) is 5.17. The molecule has 2 aromatic rings. The van der Waals surface area contributed by atoms with Gasteiger partial charge in [-0.15, -0.1) is 0 Å². The molecule has 0 spiro atoms. The standard InChI is InChI=1S/C18H21FN2O3/c19-16-6-3-4-14(12-16)8-9-20-18(23)21-13-15-5-1-2-7-17(15)24-11-10-22/h1-7,12,22H,8-11,13H2,(H2,20,21,23). The number of aliphatic hydroxyl groups is 1. The van der Waals surface area contributed by atoms with Crippen LogP contribution in [-0.4, -0.2) is 30.9 Å². The minimum atomic E-state index is -0.302. The Labute approximate surface area is 140 Å². The van der Waals surface area contributed by atoms with Crippen molar-refractivity contribution in [3.8, 4) is 5.75 Å². The van der Waals surface area contributed by atoms with E-state index in [0.29, 0.717) is 25.3 Å². The fraction of sp³-hybridized carbons (Fsp3) is 0.278. The minimum absolute atomic E-state index is 0.0671. The molecule has 128 valence electrons. The Hall–Kier alpha value is -2.60. The number of hydrogen-bond donors (Lipinski definition) is 3. The lowest BCUT2D eigenvalue weighted by molar-refractivity contribution is 0.200. The van der Waals surface area contributed by atoms with E-state index in [2.05, 4.69) is 10.6 Å².